The first-order valence-electron chi connectivity index (χ1n) is 5.22. The van der Waals surface area contributed by atoms with E-state index in [-0.39, 0.29) is 11.5 Å². The molecule has 0 fully saturated rings. The summed E-state index contributed by atoms with van der Waals surface area (Å²) in [5.41, 5.74) is 0.0536. The van der Waals surface area contributed by atoms with Crippen molar-refractivity contribution in [3.8, 4) is 0 Å². The number of nitro groups is 1. The van der Waals surface area contributed by atoms with Gasteiger partial charge < -0.3 is 0 Å². The van der Waals surface area contributed by atoms with Crippen LogP contribution in [0.2, 0.25) is 0 Å². The summed E-state index contributed by atoms with van der Waals surface area (Å²) in [7, 11) is 0. The largest absolute Gasteiger partial charge is 0.292 e. The fourth-order valence-corrected chi connectivity index (χ4v) is 3.54. The van der Waals surface area contributed by atoms with Crippen LogP contribution in [0.4, 0.5) is 5.69 Å². The number of thioether (sulfide) groups is 1. The van der Waals surface area contributed by atoms with Crippen molar-refractivity contribution in [1.82, 2.24) is 0 Å². The van der Waals surface area contributed by atoms with Crippen LogP contribution in [0.15, 0.2) is 45.1 Å². The van der Waals surface area contributed by atoms with Crippen molar-refractivity contribution in [2.75, 3.05) is 5.75 Å². The summed E-state index contributed by atoms with van der Waals surface area (Å²) in [4.78, 5) is 23.5. The summed E-state index contributed by atoms with van der Waals surface area (Å²) in [5, 5.41) is 10.5. The van der Waals surface area contributed by atoms with Gasteiger partial charge in [-0.2, -0.15) is 0 Å². The maximum absolute atomic E-state index is 11.9. The first-order valence-corrected chi connectivity index (χ1v) is 7.81. The van der Waals surface area contributed by atoms with Gasteiger partial charge in [0.25, 0.3) is 5.69 Å². The summed E-state index contributed by atoms with van der Waals surface area (Å²) >= 11 is 6.09. The average Bonchev–Trinajstić information content (AvgIpc) is 2.83. The second kappa shape index (κ2) is 6.31. The van der Waals surface area contributed by atoms with Gasteiger partial charge in [-0.1, -0.05) is 0 Å². The molecule has 0 N–H and O–H groups in total. The number of benzene rings is 1. The lowest BCUT2D eigenvalue weighted by atomic mass is 10.3. The lowest BCUT2D eigenvalue weighted by Crippen LogP contribution is -1.99. The molecule has 0 saturated carbocycles. The molecule has 7 heteroatoms. The van der Waals surface area contributed by atoms with E-state index >= 15 is 0 Å². The topological polar surface area (TPSA) is 60.2 Å². The van der Waals surface area contributed by atoms with Crippen LogP contribution in [0.25, 0.3) is 0 Å². The molecular weight excluding hydrogens is 350 g/mol. The van der Waals surface area contributed by atoms with Gasteiger partial charge >= 0.3 is 0 Å². The first kappa shape index (κ1) is 14.2. The Morgan fingerprint density at radius 1 is 1.26 bits per heavy atom. The van der Waals surface area contributed by atoms with E-state index in [2.05, 4.69) is 15.9 Å². The number of rotatable bonds is 5. The van der Waals surface area contributed by atoms with Gasteiger partial charge in [-0.15, -0.1) is 23.1 Å². The molecule has 1 aromatic heterocycles. The number of nitro benzene ring substituents is 1. The molecule has 0 aliphatic heterocycles. The second-order valence-corrected chi connectivity index (χ2v) is 7.08. The van der Waals surface area contributed by atoms with Crippen LogP contribution in [0, 0.1) is 10.1 Å². The number of halogens is 1. The van der Waals surface area contributed by atoms with E-state index in [1.165, 1.54) is 35.2 Å². The molecule has 98 valence electrons. The van der Waals surface area contributed by atoms with Crippen molar-refractivity contribution >= 4 is 50.5 Å². The molecule has 0 unspecified atom stereocenters. The van der Waals surface area contributed by atoms with Crippen LogP contribution in [-0.2, 0) is 0 Å². The zero-order valence-electron chi connectivity index (χ0n) is 9.54. The molecule has 1 heterocycles. The zero-order chi connectivity index (χ0) is 13.8. The van der Waals surface area contributed by atoms with Crippen molar-refractivity contribution in [2.24, 2.45) is 0 Å². The number of nitrogens with zero attached hydrogens (tertiary/aromatic N) is 1. The summed E-state index contributed by atoms with van der Waals surface area (Å²) in [6, 6.07) is 9.81. The highest BCUT2D eigenvalue weighted by Crippen LogP contribution is 2.26. The van der Waals surface area contributed by atoms with Crippen molar-refractivity contribution < 1.29 is 9.72 Å². The number of ketones is 1. The first-order chi connectivity index (χ1) is 9.06. The van der Waals surface area contributed by atoms with Crippen LogP contribution in [0.5, 0.6) is 0 Å². The highest BCUT2D eigenvalue weighted by Gasteiger charge is 2.10. The van der Waals surface area contributed by atoms with Gasteiger partial charge in [0.15, 0.2) is 5.78 Å². The highest BCUT2D eigenvalue weighted by atomic mass is 79.9. The molecular formula is C12H8BrNO3S2. The van der Waals surface area contributed by atoms with Crippen LogP contribution in [0.1, 0.15) is 9.67 Å². The number of carbonyl (C=O) groups excluding carboxylic acids is 1. The number of non-ortho nitro benzene ring substituents is 1. The Balaban J connectivity index is 1.95. The second-order valence-electron chi connectivity index (χ2n) is 3.57. The highest BCUT2D eigenvalue weighted by molar-refractivity contribution is 9.11. The normalized spacial score (nSPS) is 10.4. The molecule has 4 nitrogen and oxygen atoms in total. The average molecular weight is 358 g/mol. The van der Waals surface area contributed by atoms with Gasteiger partial charge in [-0.05, 0) is 40.2 Å². The summed E-state index contributed by atoms with van der Waals surface area (Å²) in [6.07, 6.45) is 0. The van der Waals surface area contributed by atoms with E-state index in [0.717, 1.165) is 8.68 Å². The van der Waals surface area contributed by atoms with Crippen molar-refractivity contribution in [2.45, 2.75) is 4.90 Å². The predicted octanol–water partition coefficient (Wildman–Crippen LogP) is 4.39. The van der Waals surface area contributed by atoms with E-state index in [0.29, 0.717) is 10.6 Å². The van der Waals surface area contributed by atoms with E-state index in [1.54, 1.807) is 18.2 Å². The third-order valence-electron chi connectivity index (χ3n) is 2.27. The molecule has 0 aliphatic rings. The molecule has 0 bridgehead atoms. The molecule has 0 amide bonds. The van der Waals surface area contributed by atoms with Gasteiger partial charge in [0.2, 0.25) is 0 Å². The minimum Gasteiger partial charge on any atom is -0.292 e. The van der Waals surface area contributed by atoms with E-state index in [1.807, 2.05) is 6.07 Å². The number of carbonyl (C=O) groups is 1. The molecule has 0 atom stereocenters. The van der Waals surface area contributed by atoms with Crippen molar-refractivity contribution in [3.05, 3.63) is 55.2 Å². The molecule has 2 rings (SSSR count). The Labute approximate surface area is 126 Å². The van der Waals surface area contributed by atoms with Crippen LogP contribution in [-0.4, -0.2) is 16.5 Å². The molecule has 19 heavy (non-hydrogen) atoms. The van der Waals surface area contributed by atoms with Crippen molar-refractivity contribution in [1.29, 1.82) is 0 Å². The molecule has 0 spiro atoms. The van der Waals surface area contributed by atoms with Gasteiger partial charge in [-0.3, -0.25) is 14.9 Å². The number of hydrogen-bond donors (Lipinski definition) is 0. The van der Waals surface area contributed by atoms with Gasteiger partial charge in [-0.25, -0.2) is 0 Å². The number of thiophene rings is 1. The van der Waals surface area contributed by atoms with E-state index < -0.39 is 4.92 Å². The number of Topliss-reactive ketones (excluding diaryl/α,β-unsaturated/α-hetero) is 1. The van der Waals surface area contributed by atoms with E-state index in [9.17, 15) is 14.9 Å². The molecule has 0 radical (unpaired) electrons. The third kappa shape index (κ3) is 3.89. The van der Waals surface area contributed by atoms with Gasteiger partial charge in [0.05, 0.1) is 19.3 Å². The Hall–Kier alpha value is -1.18. The SMILES string of the molecule is O=C(CSc1ccc([N+](=O)[O-])cc1)c1ccc(Br)s1. The fraction of sp³-hybridized carbons (Fsp3) is 0.0833. The van der Waals surface area contributed by atoms with Gasteiger partial charge in [0, 0.05) is 17.0 Å². The summed E-state index contributed by atoms with van der Waals surface area (Å²) < 4.78 is 0.927. The lowest BCUT2D eigenvalue weighted by Gasteiger charge is -1.99. The van der Waals surface area contributed by atoms with Crippen LogP contribution in [0.3, 0.4) is 0 Å². The standard InChI is InChI=1S/C12H8BrNO3S2/c13-12-6-5-11(19-12)10(15)7-18-9-3-1-8(2-4-9)14(16)17/h1-6H,7H2. The van der Waals surface area contributed by atoms with E-state index in [4.69, 9.17) is 0 Å². The number of hydrogen-bond acceptors (Lipinski definition) is 5. The van der Waals surface area contributed by atoms with Crippen LogP contribution >= 0.6 is 39.0 Å². The quantitative estimate of drug-likeness (QED) is 0.344. The molecule has 0 aliphatic carbocycles. The Morgan fingerprint density at radius 3 is 2.47 bits per heavy atom. The third-order valence-corrected chi connectivity index (χ3v) is 4.94. The molecule has 0 saturated heterocycles. The smallest absolute Gasteiger partial charge is 0.269 e. The monoisotopic (exact) mass is 357 g/mol. The summed E-state index contributed by atoms with van der Waals surface area (Å²) in [5.74, 6) is 0.379. The predicted molar refractivity (Wildman–Crippen MR) is 80.2 cm³/mol. The molecule has 2 aromatic rings. The zero-order valence-corrected chi connectivity index (χ0v) is 12.8. The Morgan fingerprint density at radius 2 is 1.95 bits per heavy atom. The van der Waals surface area contributed by atoms with Gasteiger partial charge in [0.1, 0.15) is 0 Å². The van der Waals surface area contributed by atoms with Crippen molar-refractivity contribution in [3.63, 3.8) is 0 Å². The summed E-state index contributed by atoms with van der Waals surface area (Å²) in [6.45, 7) is 0. The minimum atomic E-state index is -0.442. The maximum Gasteiger partial charge on any atom is 0.269 e. The Bertz CT molecular complexity index is 610. The maximum atomic E-state index is 11.9. The Kier molecular flexibility index (Phi) is 4.73. The fourth-order valence-electron chi connectivity index (χ4n) is 1.35. The lowest BCUT2D eigenvalue weighted by molar-refractivity contribution is -0.384. The minimum absolute atomic E-state index is 0.0536. The molecule has 1 aromatic carbocycles. The van der Waals surface area contributed by atoms with Crippen LogP contribution < -0.4 is 0 Å².